The van der Waals surface area contributed by atoms with Crippen LogP contribution in [0.4, 0.5) is 5.13 Å². The number of hydrogen-bond acceptors (Lipinski definition) is 7. The van der Waals surface area contributed by atoms with Crippen LogP contribution in [0.3, 0.4) is 0 Å². The molecule has 1 N–H and O–H groups in total. The van der Waals surface area contributed by atoms with E-state index in [1.54, 1.807) is 24.3 Å². The number of Topliss-reactive ketones (excluding diaryl/α,β-unsaturated/α-hetero) is 2. The number of nitrogens with zero attached hydrogens (tertiary/aromatic N) is 2. The Hall–Kier alpha value is -3.13. The van der Waals surface area contributed by atoms with Crippen LogP contribution in [0.25, 0.3) is 11.5 Å². The van der Waals surface area contributed by atoms with E-state index in [9.17, 15) is 14.4 Å². The van der Waals surface area contributed by atoms with E-state index >= 15 is 0 Å². The minimum atomic E-state index is -0.329. The molecule has 0 unspecified atom stereocenters. The Morgan fingerprint density at radius 1 is 1.14 bits per heavy atom. The van der Waals surface area contributed by atoms with Crippen LogP contribution in [-0.2, 0) is 4.79 Å². The van der Waals surface area contributed by atoms with Crippen molar-refractivity contribution in [3.05, 3.63) is 53.4 Å². The molecule has 0 aromatic carbocycles. The Bertz CT molecular complexity index is 1000. The van der Waals surface area contributed by atoms with Crippen molar-refractivity contribution in [2.45, 2.75) is 25.7 Å². The molecule has 8 heteroatoms. The van der Waals surface area contributed by atoms with Crippen molar-refractivity contribution in [1.29, 1.82) is 0 Å². The van der Waals surface area contributed by atoms with Gasteiger partial charge in [0.2, 0.25) is 0 Å². The smallest absolute Gasteiger partial charge is 0.257 e. The molecular weight excluding hydrogens is 378 g/mol. The van der Waals surface area contributed by atoms with E-state index in [1.807, 2.05) is 0 Å². The maximum Gasteiger partial charge on any atom is 0.257 e. The molecule has 0 aliphatic heterocycles. The first-order valence-corrected chi connectivity index (χ1v) is 9.75. The summed E-state index contributed by atoms with van der Waals surface area (Å²) in [5.74, 6) is 0.0710. The standard InChI is InChI=1S/C20H17N3O4S/c24-14-5-3-12(4-6-14)17(25)18-16(15-2-1-11-27-15)22-20(28-18)23-19(26)13-7-9-21-10-8-13/h1-2,7-12H,3-6H2,(H,22,23,26). The second-order valence-corrected chi connectivity index (χ2v) is 7.54. The lowest BCUT2D eigenvalue weighted by Crippen LogP contribution is -2.21. The molecule has 28 heavy (non-hydrogen) atoms. The average Bonchev–Trinajstić information content (AvgIpc) is 3.38. The SMILES string of the molecule is O=C1CCC(C(=O)c2sc(NC(=O)c3ccncc3)nc2-c2ccco2)CC1. The molecule has 142 valence electrons. The van der Waals surface area contributed by atoms with Crippen LogP contribution < -0.4 is 5.32 Å². The number of amides is 1. The van der Waals surface area contributed by atoms with Gasteiger partial charge in [-0.15, -0.1) is 0 Å². The van der Waals surface area contributed by atoms with Gasteiger partial charge in [-0.25, -0.2) is 4.98 Å². The fraction of sp³-hybridized carbons (Fsp3) is 0.250. The van der Waals surface area contributed by atoms with Gasteiger partial charge in [0.1, 0.15) is 16.4 Å². The van der Waals surface area contributed by atoms with E-state index in [-0.39, 0.29) is 23.4 Å². The highest BCUT2D eigenvalue weighted by molar-refractivity contribution is 7.18. The van der Waals surface area contributed by atoms with Gasteiger partial charge in [-0.05, 0) is 37.1 Å². The summed E-state index contributed by atoms with van der Waals surface area (Å²) in [5.41, 5.74) is 0.866. The molecule has 3 aromatic heterocycles. The van der Waals surface area contributed by atoms with Crippen molar-refractivity contribution >= 4 is 33.9 Å². The van der Waals surface area contributed by atoms with Gasteiger partial charge in [0, 0.05) is 36.7 Å². The fourth-order valence-corrected chi connectivity index (χ4v) is 4.17. The lowest BCUT2D eigenvalue weighted by Gasteiger charge is -2.19. The third-order valence-corrected chi connectivity index (χ3v) is 5.67. The molecule has 4 rings (SSSR count). The molecule has 0 spiro atoms. The highest BCUT2D eigenvalue weighted by Gasteiger charge is 2.30. The van der Waals surface area contributed by atoms with Crippen molar-refractivity contribution in [2.24, 2.45) is 5.92 Å². The van der Waals surface area contributed by atoms with Gasteiger partial charge in [-0.1, -0.05) is 11.3 Å². The van der Waals surface area contributed by atoms with Crippen molar-refractivity contribution < 1.29 is 18.8 Å². The monoisotopic (exact) mass is 395 g/mol. The zero-order valence-electron chi connectivity index (χ0n) is 14.9. The van der Waals surface area contributed by atoms with Gasteiger partial charge in [0.05, 0.1) is 6.26 Å². The predicted molar refractivity (Wildman–Crippen MR) is 103 cm³/mol. The third-order valence-electron chi connectivity index (χ3n) is 4.68. The van der Waals surface area contributed by atoms with Gasteiger partial charge in [0.25, 0.3) is 5.91 Å². The van der Waals surface area contributed by atoms with Crippen LogP contribution in [-0.4, -0.2) is 27.4 Å². The van der Waals surface area contributed by atoms with Gasteiger partial charge in [0.15, 0.2) is 16.7 Å². The molecule has 1 aliphatic rings. The van der Waals surface area contributed by atoms with Crippen LogP contribution in [0.15, 0.2) is 47.3 Å². The number of furan rings is 1. The molecule has 0 saturated heterocycles. The van der Waals surface area contributed by atoms with Gasteiger partial charge >= 0.3 is 0 Å². The number of nitrogens with one attached hydrogen (secondary N) is 1. The summed E-state index contributed by atoms with van der Waals surface area (Å²) in [6.45, 7) is 0. The van der Waals surface area contributed by atoms with E-state index in [1.165, 1.54) is 18.7 Å². The first kappa shape index (κ1) is 18.2. The quantitative estimate of drug-likeness (QED) is 0.655. The average molecular weight is 395 g/mol. The zero-order chi connectivity index (χ0) is 19.5. The topological polar surface area (TPSA) is 102 Å². The van der Waals surface area contributed by atoms with E-state index < -0.39 is 0 Å². The van der Waals surface area contributed by atoms with Gasteiger partial charge in [-0.3, -0.25) is 24.7 Å². The Kier molecular flexibility index (Phi) is 5.12. The highest BCUT2D eigenvalue weighted by Crippen LogP contribution is 2.36. The van der Waals surface area contributed by atoms with Crippen molar-refractivity contribution in [3.8, 4) is 11.5 Å². The van der Waals surface area contributed by atoms with E-state index in [2.05, 4.69) is 15.3 Å². The van der Waals surface area contributed by atoms with Crippen LogP contribution >= 0.6 is 11.3 Å². The number of ketones is 2. The number of carbonyl (C=O) groups is 3. The molecule has 7 nitrogen and oxygen atoms in total. The maximum absolute atomic E-state index is 13.1. The molecule has 1 saturated carbocycles. The number of rotatable bonds is 5. The summed E-state index contributed by atoms with van der Waals surface area (Å²) >= 11 is 1.13. The Morgan fingerprint density at radius 2 is 1.89 bits per heavy atom. The van der Waals surface area contributed by atoms with Gasteiger partial charge in [-0.2, -0.15) is 0 Å². The van der Waals surface area contributed by atoms with Crippen LogP contribution in [0.5, 0.6) is 0 Å². The second-order valence-electron chi connectivity index (χ2n) is 6.54. The zero-order valence-corrected chi connectivity index (χ0v) is 15.7. The van der Waals surface area contributed by atoms with Crippen LogP contribution in [0, 0.1) is 5.92 Å². The first-order chi connectivity index (χ1) is 13.6. The minimum Gasteiger partial charge on any atom is -0.463 e. The summed E-state index contributed by atoms with van der Waals surface area (Å²) < 4.78 is 5.43. The summed E-state index contributed by atoms with van der Waals surface area (Å²) in [7, 11) is 0. The molecule has 3 aromatic rings. The first-order valence-electron chi connectivity index (χ1n) is 8.94. The number of hydrogen-bond donors (Lipinski definition) is 1. The molecule has 0 atom stereocenters. The number of pyridine rings is 1. The summed E-state index contributed by atoms with van der Waals surface area (Å²) in [4.78, 5) is 45.8. The molecule has 0 bridgehead atoms. The lowest BCUT2D eigenvalue weighted by molar-refractivity contribution is -0.120. The maximum atomic E-state index is 13.1. The Balaban J connectivity index is 1.62. The molecular formula is C20H17N3O4S. The molecule has 3 heterocycles. The minimum absolute atomic E-state index is 0.0548. The molecule has 1 amide bonds. The molecule has 1 fully saturated rings. The van der Waals surface area contributed by atoms with Crippen LogP contribution in [0.1, 0.15) is 45.7 Å². The van der Waals surface area contributed by atoms with Crippen molar-refractivity contribution in [1.82, 2.24) is 9.97 Å². The number of anilines is 1. The normalized spacial score (nSPS) is 14.8. The van der Waals surface area contributed by atoms with E-state index in [0.717, 1.165) is 11.3 Å². The summed E-state index contributed by atoms with van der Waals surface area (Å²) in [6.07, 6.45) is 6.53. The number of carbonyl (C=O) groups excluding carboxylic acids is 3. The Morgan fingerprint density at radius 3 is 2.57 bits per heavy atom. The largest absolute Gasteiger partial charge is 0.463 e. The van der Waals surface area contributed by atoms with E-state index in [4.69, 9.17) is 4.42 Å². The molecule has 0 radical (unpaired) electrons. The van der Waals surface area contributed by atoms with Crippen molar-refractivity contribution in [3.63, 3.8) is 0 Å². The van der Waals surface area contributed by atoms with Gasteiger partial charge < -0.3 is 4.42 Å². The van der Waals surface area contributed by atoms with Crippen LogP contribution in [0.2, 0.25) is 0 Å². The Labute approximate surface area is 164 Å². The second kappa shape index (κ2) is 7.85. The number of aromatic nitrogens is 2. The predicted octanol–water partition coefficient (Wildman–Crippen LogP) is 3.99. The summed E-state index contributed by atoms with van der Waals surface area (Å²) in [5, 5.41) is 3.06. The third kappa shape index (κ3) is 3.77. The molecule has 1 aliphatic carbocycles. The number of thiazole rings is 1. The van der Waals surface area contributed by atoms with Crippen molar-refractivity contribution in [2.75, 3.05) is 5.32 Å². The fourth-order valence-electron chi connectivity index (χ4n) is 3.18. The van der Waals surface area contributed by atoms with E-state index in [0.29, 0.717) is 52.7 Å². The lowest BCUT2D eigenvalue weighted by atomic mass is 9.85. The highest BCUT2D eigenvalue weighted by atomic mass is 32.1. The summed E-state index contributed by atoms with van der Waals surface area (Å²) in [6, 6.07) is 6.64.